The van der Waals surface area contributed by atoms with E-state index in [1.807, 2.05) is 42.5 Å². The largest absolute Gasteiger partial charge is 0.497 e. The van der Waals surface area contributed by atoms with E-state index < -0.39 is 6.43 Å². The van der Waals surface area contributed by atoms with Crippen LogP contribution in [0.3, 0.4) is 0 Å². The molecule has 1 saturated heterocycles. The molecule has 2 heterocycles. The molecule has 2 amide bonds. The van der Waals surface area contributed by atoms with E-state index in [2.05, 4.69) is 26.2 Å². The van der Waals surface area contributed by atoms with Crippen LogP contribution in [-0.4, -0.2) is 41.9 Å². The molecule has 1 aromatic heterocycles. The van der Waals surface area contributed by atoms with Crippen LogP contribution < -0.4 is 10.1 Å². The van der Waals surface area contributed by atoms with Crippen molar-refractivity contribution in [1.82, 2.24) is 9.88 Å². The minimum atomic E-state index is -2.71. The zero-order valence-electron chi connectivity index (χ0n) is 19.7. The van der Waals surface area contributed by atoms with Crippen LogP contribution in [0.1, 0.15) is 52.4 Å². The van der Waals surface area contributed by atoms with Crippen LogP contribution in [0.15, 0.2) is 65.3 Å². The Kier molecular flexibility index (Phi) is 8.30. The molecule has 6 nitrogen and oxygen atoms in total. The summed E-state index contributed by atoms with van der Waals surface area (Å²) in [4.78, 5) is 30.6. The second-order valence-electron chi connectivity index (χ2n) is 8.64. The SMILES string of the molecule is COc1ccc(CC(=O)Nc2ccc(C3CCN(C(=O)c4ccnc(C(F)F)c4)CC3)cc2)c(Br)c1. The maximum absolute atomic E-state index is 12.9. The van der Waals surface area contributed by atoms with E-state index in [4.69, 9.17) is 4.74 Å². The van der Waals surface area contributed by atoms with E-state index in [-0.39, 0.29) is 35.4 Å². The molecule has 0 saturated carbocycles. The number of halogens is 3. The highest BCUT2D eigenvalue weighted by Crippen LogP contribution is 2.30. The molecule has 0 unspecified atom stereocenters. The number of ether oxygens (including phenoxy) is 1. The molecule has 36 heavy (non-hydrogen) atoms. The molecule has 2 aromatic carbocycles. The maximum atomic E-state index is 12.9. The molecule has 0 spiro atoms. The van der Waals surface area contributed by atoms with Gasteiger partial charge in [0.15, 0.2) is 0 Å². The molecule has 1 aliphatic heterocycles. The molecule has 0 atom stereocenters. The third-order valence-corrected chi connectivity index (χ3v) is 7.05. The lowest BCUT2D eigenvalue weighted by Crippen LogP contribution is -2.38. The first-order valence-electron chi connectivity index (χ1n) is 11.6. The number of hydrogen-bond donors (Lipinski definition) is 1. The highest BCUT2D eigenvalue weighted by molar-refractivity contribution is 9.10. The Morgan fingerprint density at radius 3 is 2.47 bits per heavy atom. The van der Waals surface area contributed by atoms with Crippen molar-refractivity contribution in [2.75, 3.05) is 25.5 Å². The Morgan fingerprint density at radius 1 is 1.11 bits per heavy atom. The number of methoxy groups -OCH3 is 1. The summed E-state index contributed by atoms with van der Waals surface area (Å²) in [6.45, 7) is 1.09. The first-order valence-corrected chi connectivity index (χ1v) is 12.4. The summed E-state index contributed by atoms with van der Waals surface area (Å²) in [6, 6.07) is 15.9. The van der Waals surface area contributed by atoms with Crippen LogP contribution in [0.25, 0.3) is 0 Å². The molecule has 1 fully saturated rings. The van der Waals surface area contributed by atoms with Crippen molar-refractivity contribution < 1.29 is 23.1 Å². The number of hydrogen-bond acceptors (Lipinski definition) is 4. The van der Waals surface area contributed by atoms with Crippen molar-refractivity contribution in [2.24, 2.45) is 0 Å². The lowest BCUT2D eigenvalue weighted by molar-refractivity contribution is -0.115. The number of nitrogens with one attached hydrogen (secondary N) is 1. The van der Waals surface area contributed by atoms with Crippen molar-refractivity contribution in [3.63, 3.8) is 0 Å². The number of anilines is 1. The lowest BCUT2D eigenvalue weighted by Gasteiger charge is -2.32. The van der Waals surface area contributed by atoms with Gasteiger partial charge in [0.2, 0.25) is 5.91 Å². The second kappa shape index (κ2) is 11.6. The summed E-state index contributed by atoms with van der Waals surface area (Å²) < 4.78 is 31.8. The van der Waals surface area contributed by atoms with E-state index in [1.54, 1.807) is 12.0 Å². The van der Waals surface area contributed by atoms with Crippen molar-refractivity contribution in [1.29, 1.82) is 0 Å². The van der Waals surface area contributed by atoms with Crippen LogP contribution in [0.2, 0.25) is 0 Å². The summed E-state index contributed by atoms with van der Waals surface area (Å²) in [7, 11) is 1.59. The Bertz CT molecular complexity index is 1230. The van der Waals surface area contributed by atoms with Gasteiger partial charge in [-0.05, 0) is 66.3 Å². The average Bonchev–Trinajstić information content (AvgIpc) is 2.90. The second-order valence-corrected chi connectivity index (χ2v) is 9.50. The predicted octanol–water partition coefficient (Wildman–Crippen LogP) is 5.99. The molecule has 0 aliphatic carbocycles. The fraction of sp³-hybridized carbons (Fsp3) is 0.296. The summed E-state index contributed by atoms with van der Waals surface area (Å²) in [5.41, 5.74) is 2.57. The quantitative estimate of drug-likeness (QED) is 0.387. The van der Waals surface area contributed by atoms with Crippen molar-refractivity contribution >= 4 is 33.4 Å². The molecule has 1 N–H and O–H groups in total. The highest BCUT2D eigenvalue weighted by Gasteiger charge is 2.25. The molecular weight excluding hydrogens is 532 g/mol. The molecule has 1 aliphatic rings. The number of alkyl halides is 2. The summed E-state index contributed by atoms with van der Waals surface area (Å²) in [5, 5.41) is 2.93. The van der Waals surface area contributed by atoms with Gasteiger partial charge in [-0.1, -0.05) is 34.1 Å². The molecule has 4 rings (SSSR count). The standard InChI is InChI=1S/C27H26BrF2N3O3/c1-36-22-7-4-19(23(28)16-22)15-25(34)32-21-5-2-17(3-6-21)18-9-12-33(13-10-18)27(35)20-8-11-31-24(14-20)26(29)30/h2-8,11,14,16,18,26H,9-10,12-13,15H2,1H3,(H,32,34). The van der Waals surface area contributed by atoms with Gasteiger partial charge >= 0.3 is 0 Å². The number of carbonyl (C=O) groups is 2. The van der Waals surface area contributed by atoms with Gasteiger partial charge in [0.05, 0.1) is 13.5 Å². The zero-order chi connectivity index (χ0) is 25.7. The van der Waals surface area contributed by atoms with Crippen molar-refractivity contribution in [3.8, 4) is 5.75 Å². The van der Waals surface area contributed by atoms with Gasteiger partial charge in [-0.2, -0.15) is 0 Å². The lowest BCUT2D eigenvalue weighted by atomic mass is 9.89. The van der Waals surface area contributed by atoms with Crippen LogP contribution in [0.4, 0.5) is 14.5 Å². The molecule has 9 heteroatoms. The average molecular weight is 558 g/mol. The van der Waals surface area contributed by atoms with E-state index in [1.165, 1.54) is 18.3 Å². The van der Waals surface area contributed by atoms with Crippen LogP contribution in [0.5, 0.6) is 5.75 Å². The van der Waals surface area contributed by atoms with Gasteiger partial charge in [-0.25, -0.2) is 8.78 Å². The van der Waals surface area contributed by atoms with Crippen LogP contribution >= 0.6 is 15.9 Å². The van der Waals surface area contributed by atoms with Gasteiger partial charge in [0.25, 0.3) is 12.3 Å². The molecule has 3 aromatic rings. The molecule has 188 valence electrons. The van der Waals surface area contributed by atoms with E-state index >= 15 is 0 Å². The third kappa shape index (κ3) is 6.26. The fourth-order valence-electron chi connectivity index (χ4n) is 4.31. The normalized spacial score (nSPS) is 14.1. The van der Waals surface area contributed by atoms with Crippen molar-refractivity contribution in [3.05, 3.63) is 87.7 Å². The first kappa shape index (κ1) is 25.8. The van der Waals surface area contributed by atoms with Crippen LogP contribution in [-0.2, 0) is 11.2 Å². The zero-order valence-corrected chi connectivity index (χ0v) is 21.3. The van der Waals surface area contributed by atoms with Gasteiger partial charge in [0, 0.05) is 35.0 Å². The summed E-state index contributed by atoms with van der Waals surface area (Å²) in [5.74, 6) is 0.629. The summed E-state index contributed by atoms with van der Waals surface area (Å²) >= 11 is 3.47. The van der Waals surface area contributed by atoms with E-state index in [9.17, 15) is 18.4 Å². The minimum absolute atomic E-state index is 0.119. The summed E-state index contributed by atoms with van der Waals surface area (Å²) in [6.07, 6.45) is 0.318. The molecular formula is C27H26BrF2N3O3. The number of aromatic nitrogens is 1. The number of pyridine rings is 1. The topological polar surface area (TPSA) is 71.5 Å². The maximum Gasteiger partial charge on any atom is 0.280 e. The molecule has 0 bridgehead atoms. The monoisotopic (exact) mass is 557 g/mol. The Labute approximate surface area is 216 Å². The predicted molar refractivity (Wildman–Crippen MR) is 137 cm³/mol. The number of carbonyl (C=O) groups excluding carboxylic acids is 2. The first-order chi connectivity index (χ1) is 17.3. The van der Waals surface area contributed by atoms with E-state index in [0.717, 1.165) is 34.2 Å². The highest BCUT2D eigenvalue weighted by atomic mass is 79.9. The number of amides is 2. The van der Waals surface area contributed by atoms with Gasteiger partial charge in [0.1, 0.15) is 11.4 Å². The van der Waals surface area contributed by atoms with Crippen LogP contribution in [0, 0.1) is 0 Å². The number of likely N-dealkylation sites (tertiary alicyclic amines) is 1. The number of rotatable bonds is 7. The van der Waals surface area contributed by atoms with Crippen molar-refractivity contribution in [2.45, 2.75) is 31.6 Å². The Balaban J connectivity index is 1.30. The third-order valence-electron chi connectivity index (χ3n) is 6.31. The van der Waals surface area contributed by atoms with Gasteiger partial charge in [-0.3, -0.25) is 14.6 Å². The Morgan fingerprint density at radius 2 is 1.83 bits per heavy atom. The van der Waals surface area contributed by atoms with Gasteiger partial charge < -0.3 is 15.0 Å². The molecule has 0 radical (unpaired) electrons. The van der Waals surface area contributed by atoms with Gasteiger partial charge in [-0.15, -0.1) is 0 Å². The number of benzene rings is 2. The van der Waals surface area contributed by atoms with E-state index in [0.29, 0.717) is 18.8 Å². The minimum Gasteiger partial charge on any atom is -0.497 e. The smallest absolute Gasteiger partial charge is 0.280 e. The number of nitrogens with zero attached hydrogens (tertiary/aromatic N) is 2. The Hall–Kier alpha value is -3.33. The fourth-order valence-corrected chi connectivity index (χ4v) is 4.81. The number of piperidine rings is 1.